The standard InChI is InChI=1S/C15H19N3/c1-2-6-15(7-3-1)8-4-9-16-10-5-12-18-13-11-17-14-18/h1-4,6-8,11,13-14,16H,5,9-10,12H2/b8-4+. The summed E-state index contributed by atoms with van der Waals surface area (Å²) < 4.78 is 2.10. The van der Waals surface area contributed by atoms with Crippen molar-refractivity contribution in [2.24, 2.45) is 0 Å². The number of imidazole rings is 1. The van der Waals surface area contributed by atoms with Crippen molar-refractivity contribution in [2.45, 2.75) is 13.0 Å². The lowest BCUT2D eigenvalue weighted by Gasteiger charge is -2.02. The van der Waals surface area contributed by atoms with Crippen molar-refractivity contribution in [1.29, 1.82) is 0 Å². The van der Waals surface area contributed by atoms with Crippen LogP contribution in [-0.4, -0.2) is 22.6 Å². The first-order valence-corrected chi connectivity index (χ1v) is 6.33. The first-order chi connectivity index (χ1) is 8.95. The Morgan fingerprint density at radius 1 is 1.22 bits per heavy atom. The zero-order chi connectivity index (χ0) is 12.5. The van der Waals surface area contributed by atoms with E-state index in [0.29, 0.717) is 0 Å². The Balaban J connectivity index is 1.55. The van der Waals surface area contributed by atoms with E-state index in [1.54, 1.807) is 0 Å². The zero-order valence-electron chi connectivity index (χ0n) is 10.5. The molecule has 18 heavy (non-hydrogen) atoms. The van der Waals surface area contributed by atoms with Gasteiger partial charge in [-0.3, -0.25) is 0 Å². The van der Waals surface area contributed by atoms with Gasteiger partial charge in [-0.1, -0.05) is 42.5 Å². The second-order valence-corrected chi connectivity index (χ2v) is 4.17. The molecule has 0 radical (unpaired) electrons. The number of rotatable bonds is 7. The van der Waals surface area contributed by atoms with Crippen molar-refractivity contribution in [3.8, 4) is 0 Å². The van der Waals surface area contributed by atoms with Crippen molar-refractivity contribution in [2.75, 3.05) is 13.1 Å². The minimum Gasteiger partial charge on any atom is -0.337 e. The number of hydrogen-bond acceptors (Lipinski definition) is 2. The largest absolute Gasteiger partial charge is 0.337 e. The van der Waals surface area contributed by atoms with E-state index in [4.69, 9.17) is 0 Å². The lowest BCUT2D eigenvalue weighted by atomic mass is 10.2. The van der Waals surface area contributed by atoms with E-state index >= 15 is 0 Å². The highest BCUT2D eigenvalue weighted by atomic mass is 15.0. The normalized spacial score (nSPS) is 11.1. The van der Waals surface area contributed by atoms with E-state index in [2.05, 4.69) is 51.3 Å². The molecular formula is C15H19N3. The van der Waals surface area contributed by atoms with E-state index in [1.807, 2.05) is 24.8 Å². The van der Waals surface area contributed by atoms with E-state index < -0.39 is 0 Å². The van der Waals surface area contributed by atoms with Gasteiger partial charge >= 0.3 is 0 Å². The molecule has 2 aromatic rings. The van der Waals surface area contributed by atoms with Crippen LogP contribution in [0.15, 0.2) is 55.1 Å². The first-order valence-electron chi connectivity index (χ1n) is 6.33. The van der Waals surface area contributed by atoms with Crippen LogP contribution >= 0.6 is 0 Å². The molecule has 0 bridgehead atoms. The van der Waals surface area contributed by atoms with Gasteiger partial charge in [0.25, 0.3) is 0 Å². The van der Waals surface area contributed by atoms with Crippen molar-refractivity contribution in [3.63, 3.8) is 0 Å². The zero-order valence-corrected chi connectivity index (χ0v) is 10.5. The Kier molecular flexibility index (Phi) is 5.21. The van der Waals surface area contributed by atoms with E-state index in [1.165, 1.54) is 5.56 Å². The van der Waals surface area contributed by atoms with Crippen LogP contribution < -0.4 is 5.32 Å². The summed E-state index contributed by atoms with van der Waals surface area (Å²) in [7, 11) is 0. The fourth-order valence-electron chi connectivity index (χ4n) is 1.75. The van der Waals surface area contributed by atoms with Gasteiger partial charge in [0.1, 0.15) is 0 Å². The number of aromatic nitrogens is 2. The average Bonchev–Trinajstić information content (AvgIpc) is 2.92. The number of aryl methyl sites for hydroxylation is 1. The Hall–Kier alpha value is -1.87. The van der Waals surface area contributed by atoms with Crippen LogP contribution in [0.2, 0.25) is 0 Å². The summed E-state index contributed by atoms with van der Waals surface area (Å²) in [5.41, 5.74) is 1.25. The summed E-state index contributed by atoms with van der Waals surface area (Å²) >= 11 is 0. The summed E-state index contributed by atoms with van der Waals surface area (Å²) in [6.45, 7) is 2.96. The van der Waals surface area contributed by atoms with Gasteiger partial charge in [0.05, 0.1) is 6.33 Å². The van der Waals surface area contributed by atoms with E-state index in [9.17, 15) is 0 Å². The van der Waals surface area contributed by atoms with Crippen LogP contribution in [0.5, 0.6) is 0 Å². The second kappa shape index (κ2) is 7.45. The third-order valence-corrected chi connectivity index (χ3v) is 2.70. The van der Waals surface area contributed by atoms with Gasteiger partial charge in [0.15, 0.2) is 0 Å². The molecule has 0 aliphatic rings. The highest BCUT2D eigenvalue weighted by molar-refractivity contribution is 5.48. The van der Waals surface area contributed by atoms with Crippen molar-refractivity contribution < 1.29 is 0 Å². The van der Waals surface area contributed by atoms with Crippen LogP contribution in [0.3, 0.4) is 0 Å². The summed E-state index contributed by atoms with van der Waals surface area (Å²) in [5.74, 6) is 0. The number of benzene rings is 1. The molecule has 0 spiro atoms. The predicted octanol–water partition coefficient (Wildman–Crippen LogP) is 2.58. The molecule has 0 atom stereocenters. The highest BCUT2D eigenvalue weighted by Gasteiger charge is 1.89. The summed E-state index contributed by atoms with van der Waals surface area (Å²) in [6, 6.07) is 10.4. The minimum atomic E-state index is 0.915. The van der Waals surface area contributed by atoms with Crippen LogP contribution in [0.25, 0.3) is 6.08 Å². The summed E-state index contributed by atoms with van der Waals surface area (Å²) in [5, 5.41) is 3.40. The van der Waals surface area contributed by atoms with Gasteiger partial charge in [-0.2, -0.15) is 0 Å². The Labute approximate surface area is 108 Å². The van der Waals surface area contributed by atoms with Crippen LogP contribution in [0, 0.1) is 0 Å². The van der Waals surface area contributed by atoms with Gasteiger partial charge in [-0.25, -0.2) is 4.98 Å². The molecule has 3 heteroatoms. The molecule has 2 rings (SSSR count). The molecule has 0 fully saturated rings. The molecule has 0 saturated heterocycles. The molecule has 0 aliphatic heterocycles. The third-order valence-electron chi connectivity index (χ3n) is 2.70. The second-order valence-electron chi connectivity index (χ2n) is 4.17. The first kappa shape index (κ1) is 12.6. The molecule has 0 aliphatic carbocycles. The monoisotopic (exact) mass is 241 g/mol. The Bertz CT molecular complexity index is 446. The SMILES string of the molecule is C(=C\c1ccccc1)/CNCCCn1ccnc1. The molecule has 0 amide bonds. The van der Waals surface area contributed by atoms with Crippen LogP contribution in [0.4, 0.5) is 0 Å². The van der Waals surface area contributed by atoms with Gasteiger partial charge in [0.2, 0.25) is 0 Å². The number of hydrogen-bond donors (Lipinski definition) is 1. The van der Waals surface area contributed by atoms with Crippen molar-refractivity contribution in [3.05, 3.63) is 60.7 Å². The van der Waals surface area contributed by atoms with E-state index in [-0.39, 0.29) is 0 Å². The minimum absolute atomic E-state index is 0.915. The summed E-state index contributed by atoms with van der Waals surface area (Å²) in [6.07, 6.45) is 11.1. The maximum atomic E-state index is 4.02. The highest BCUT2D eigenvalue weighted by Crippen LogP contribution is 1.99. The number of nitrogens with one attached hydrogen (secondary N) is 1. The van der Waals surface area contributed by atoms with Gasteiger partial charge < -0.3 is 9.88 Å². The quantitative estimate of drug-likeness (QED) is 0.755. The molecule has 1 aromatic heterocycles. The fourth-order valence-corrected chi connectivity index (χ4v) is 1.75. The number of nitrogens with zero attached hydrogens (tertiary/aromatic N) is 2. The predicted molar refractivity (Wildman–Crippen MR) is 75.2 cm³/mol. The topological polar surface area (TPSA) is 29.9 Å². The maximum Gasteiger partial charge on any atom is 0.0945 e. The Morgan fingerprint density at radius 3 is 2.89 bits per heavy atom. The molecule has 1 N–H and O–H groups in total. The van der Waals surface area contributed by atoms with Crippen LogP contribution in [-0.2, 0) is 6.54 Å². The smallest absolute Gasteiger partial charge is 0.0945 e. The molecule has 94 valence electrons. The van der Waals surface area contributed by atoms with E-state index in [0.717, 1.165) is 26.1 Å². The summed E-state index contributed by atoms with van der Waals surface area (Å²) in [4.78, 5) is 4.02. The molecule has 0 unspecified atom stereocenters. The molecule has 1 heterocycles. The van der Waals surface area contributed by atoms with Crippen molar-refractivity contribution >= 4 is 6.08 Å². The average molecular weight is 241 g/mol. The van der Waals surface area contributed by atoms with Gasteiger partial charge in [-0.15, -0.1) is 0 Å². The fraction of sp³-hybridized carbons (Fsp3) is 0.267. The molecular weight excluding hydrogens is 222 g/mol. The van der Waals surface area contributed by atoms with Crippen LogP contribution in [0.1, 0.15) is 12.0 Å². The third kappa shape index (κ3) is 4.55. The molecule has 3 nitrogen and oxygen atoms in total. The lowest BCUT2D eigenvalue weighted by Crippen LogP contribution is -2.16. The maximum absolute atomic E-state index is 4.02. The molecule has 0 saturated carbocycles. The molecule has 1 aromatic carbocycles. The van der Waals surface area contributed by atoms with Gasteiger partial charge in [-0.05, 0) is 18.5 Å². The van der Waals surface area contributed by atoms with Crippen molar-refractivity contribution in [1.82, 2.24) is 14.9 Å². The van der Waals surface area contributed by atoms with Gasteiger partial charge in [0, 0.05) is 25.5 Å². The lowest BCUT2D eigenvalue weighted by molar-refractivity contribution is 0.600. The Morgan fingerprint density at radius 2 is 2.11 bits per heavy atom.